The van der Waals surface area contributed by atoms with Crippen LogP contribution in [0.1, 0.15) is 39.5 Å². The van der Waals surface area contributed by atoms with Crippen molar-refractivity contribution in [3.05, 3.63) is 0 Å². The van der Waals surface area contributed by atoms with Crippen molar-refractivity contribution in [1.82, 2.24) is 10.6 Å². The number of rotatable bonds is 5. The predicted molar refractivity (Wildman–Crippen MR) is 89.8 cm³/mol. The van der Waals surface area contributed by atoms with Gasteiger partial charge in [0.05, 0.1) is 0 Å². The van der Waals surface area contributed by atoms with Gasteiger partial charge in [0, 0.05) is 24.9 Å². The van der Waals surface area contributed by atoms with Gasteiger partial charge in [0.25, 0.3) is 0 Å². The summed E-state index contributed by atoms with van der Waals surface area (Å²) in [4.78, 5) is 4.24. The van der Waals surface area contributed by atoms with Crippen molar-refractivity contribution in [1.29, 1.82) is 0 Å². The number of hydrogen-bond donors (Lipinski definition) is 2. The summed E-state index contributed by atoms with van der Waals surface area (Å²) in [6, 6.07) is 0. The Morgan fingerprint density at radius 3 is 2.71 bits per heavy atom. The molecule has 102 valence electrons. The Labute approximate surface area is 127 Å². The molecule has 3 nitrogen and oxygen atoms in total. The van der Waals surface area contributed by atoms with E-state index in [2.05, 4.69) is 41.2 Å². The Kier molecular flexibility index (Phi) is 9.49. The number of aliphatic imine (C=N–C) groups is 1. The highest BCUT2D eigenvalue weighted by Gasteiger charge is 2.29. The van der Waals surface area contributed by atoms with Crippen LogP contribution in [-0.2, 0) is 0 Å². The summed E-state index contributed by atoms with van der Waals surface area (Å²) in [5.74, 6) is 2.25. The molecule has 1 atom stereocenters. The monoisotopic (exact) mass is 371 g/mol. The van der Waals surface area contributed by atoms with Crippen molar-refractivity contribution in [3.8, 4) is 0 Å². The number of nitrogens with zero attached hydrogens (tertiary/aromatic N) is 1. The van der Waals surface area contributed by atoms with Crippen LogP contribution in [0.2, 0.25) is 0 Å². The Bertz CT molecular complexity index is 228. The molecule has 0 amide bonds. The molecule has 1 heterocycles. The largest absolute Gasteiger partial charge is 0.356 e. The third kappa shape index (κ3) is 6.74. The number of guanidine groups is 1. The summed E-state index contributed by atoms with van der Waals surface area (Å²) in [6.45, 7) is 6.58. The topological polar surface area (TPSA) is 36.4 Å². The van der Waals surface area contributed by atoms with Gasteiger partial charge in [0.1, 0.15) is 0 Å². The maximum Gasteiger partial charge on any atom is 0.191 e. The minimum atomic E-state index is 0. The summed E-state index contributed by atoms with van der Waals surface area (Å²) >= 11 is 2.08. The summed E-state index contributed by atoms with van der Waals surface area (Å²) in [5.41, 5.74) is 0. The highest BCUT2D eigenvalue weighted by atomic mass is 127. The zero-order valence-corrected chi connectivity index (χ0v) is 14.4. The molecule has 0 bridgehead atoms. The Morgan fingerprint density at radius 2 is 2.18 bits per heavy atom. The molecule has 17 heavy (non-hydrogen) atoms. The molecular weight excluding hydrogens is 345 g/mol. The summed E-state index contributed by atoms with van der Waals surface area (Å²) < 4.78 is 0.405. The third-order valence-corrected chi connectivity index (χ3v) is 4.51. The normalized spacial score (nSPS) is 24.3. The van der Waals surface area contributed by atoms with Crippen LogP contribution in [0.5, 0.6) is 0 Å². The molecule has 1 aliphatic heterocycles. The van der Waals surface area contributed by atoms with Gasteiger partial charge in [-0.1, -0.05) is 13.3 Å². The van der Waals surface area contributed by atoms with Crippen LogP contribution in [0.4, 0.5) is 0 Å². The van der Waals surface area contributed by atoms with E-state index >= 15 is 0 Å². The SMILES string of the molecule is CCCCNC(=NC)NCC1(C)CCCS1.I. The van der Waals surface area contributed by atoms with Crippen LogP contribution < -0.4 is 10.6 Å². The summed E-state index contributed by atoms with van der Waals surface area (Å²) in [5, 5.41) is 6.77. The van der Waals surface area contributed by atoms with Crippen LogP contribution in [0.3, 0.4) is 0 Å². The summed E-state index contributed by atoms with van der Waals surface area (Å²) in [6.07, 6.45) is 5.09. The minimum Gasteiger partial charge on any atom is -0.356 e. The first-order valence-electron chi connectivity index (χ1n) is 6.28. The van der Waals surface area contributed by atoms with Crippen LogP contribution in [0.25, 0.3) is 0 Å². The van der Waals surface area contributed by atoms with E-state index in [1.54, 1.807) is 0 Å². The molecule has 0 aromatic carbocycles. The van der Waals surface area contributed by atoms with Crippen LogP contribution in [0, 0.1) is 0 Å². The third-order valence-electron chi connectivity index (χ3n) is 2.98. The van der Waals surface area contributed by atoms with E-state index in [4.69, 9.17) is 0 Å². The quantitative estimate of drug-likeness (QED) is 0.338. The lowest BCUT2D eigenvalue weighted by Gasteiger charge is -2.24. The van der Waals surface area contributed by atoms with Crippen molar-refractivity contribution in [2.45, 2.75) is 44.3 Å². The molecule has 1 saturated heterocycles. The fraction of sp³-hybridized carbons (Fsp3) is 0.917. The lowest BCUT2D eigenvalue weighted by atomic mass is 10.1. The Hall–Kier alpha value is 0.350. The van der Waals surface area contributed by atoms with Gasteiger partial charge in [-0.3, -0.25) is 4.99 Å². The molecule has 0 saturated carbocycles. The van der Waals surface area contributed by atoms with Gasteiger partial charge in [-0.25, -0.2) is 0 Å². The molecule has 0 radical (unpaired) electrons. The minimum absolute atomic E-state index is 0. The standard InChI is InChI=1S/C12H25N3S.HI/c1-4-5-8-14-11(13-3)15-10-12(2)7-6-9-16-12;/h4-10H2,1-3H3,(H2,13,14,15);1H. The zero-order valence-electron chi connectivity index (χ0n) is 11.2. The maximum atomic E-state index is 4.24. The molecule has 1 unspecified atom stereocenters. The molecule has 1 aliphatic rings. The van der Waals surface area contributed by atoms with Crippen LogP contribution in [-0.4, -0.2) is 36.6 Å². The second-order valence-electron chi connectivity index (χ2n) is 4.61. The van der Waals surface area contributed by atoms with Crippen molar-refractivity contribution in [2.24, 2.45) is 4.99 Å². The predicted octanol–water partition coefficient (Wildman–Crippen LogP) is 2.86. The lowest BCUT2D eigenvalue weighted by molar-refractivity contribution is 0.583. The molecule has 2 N–H and O–H groups in total. The number of unbranched alkanes of at least 4 members (excludes halogenated alkanes) is 1. The summed E-state index contributed by atoms with van der Waals surface area (Å²) in [7, 11) is 1.84. The van der Waals surface area contributed by atoms with Gasteiger partial charge < -0.3 is 10.6 Å². The van der Waals surface area contributed by atoms with E-state index in [9.17, 15) is 0 Å². The van der Waals surface area contributed by atoms with E-state index in [1.807, 2.05) is 7.05 Å². The van der Waals surface area contributed by atoms with Crippen LogP contribution >= 0.6 is 35.7 Å². The van der Waals surface area contributed by atoms with Crippen LogP contribution in [0.15, 0.2) is 4.99 Å². The second kappa shape index (κ2) is 9.30. The lowest BCUT2D eigenvalue weighted by Crippen LogP contribution is -2.43. The highest BCUT2D eigenvalue weighted by Crippen LogP contribution is 2.36. The first-order chi connectivity index (χ1) is 7.70. The average molecular weight is 371 g/mol. The van der Waals surface area contributed by atoms with E-state index in [1.165, 1.54) is 31.4 Å². The first-order valence-corrected chi connectivity index (χ1v) is 7.27. The fourth-order valence-corrected chi connectivity index (χ4v) is 3.10. The number of nitrogens with one attached hydrogen (secondary N) is 2. The van der Waals surface area contributed by atoms with Gasteiger partial charge in [-0.15, -0.1) is 24.0 Å². The van der Waals surface area contributed by atoms with Crippen molar-refractivity contribution in [2.75, 3.05) is 25.9 Å². The van der Waals surface area contributed by atoms with E-state index in [0.29, 0.717) is 4.75 Å². The smallest absolute Gasteiger partial charge is 0.191 e. The molecule has 0 aromatic rings. The molecule has 5 heteroatoms. The first kappa shape index (κ1) is 17.4. The van der Waals surface area contributed by atoms with E-state index < -0.39 is 0 Å². The number of thioether (sulfide) groups is 1. The molecular formula is C12H26IN3S. The van der Waals surface area contributed by atoms with Gasteiger partial charge >= 0.3 is 0 Å². The van der Waals surface area contributed by atoms with Crippen molar-refractivity contribution in [3.63, 3.8) is 0 Å². The number of hydrogen-bond acceptors (Lipinski definition) is 2. The Balaban J connectivity index is 0.00000256. The molecule has 1 fully saturated rings. The molecule has 1 rings (SSSR count). The van der Waals surface area contributed by atoms with Crippen molar-refractivity contribution >= 4 is 41.7 Å². The highest BCUT2D eigenvalue weighted by molar-refractivity contribution is 14.0. The Morgan fingerprint density at radius 1 is 1.41 bits per heavy atom. The maximum absolute atomic E-state index is 4.24. The second-order valence-corrected chi connectivity index (χ2v) is 6.29. The van der Waals surface area contributed by atoms with E-state index in [-0.39, 0.29) is 24.0 Å². The molecule has 0 aromatic heterocycles. The number of halogens is 1. The van der Waals surface area contributed by atoms with E-state index in [0.717, 1.165) is 19.0 Å². The molecule has 0 aliphatic carbocycles. The fourth-order valence-electron chi connectivity index (χ4n) is 1.85. The van der Waals surface area contributed by atoms with Crippen molar-refractivity contribution < 1.29 is 0 Å². The zero-order chi connectivity index (χ0) is 11.9. The average Bonchev–Trinajstić information content (AvgIpc) is 2.71. The van der Waals surface area contributed by atoms with Gasteiger partial charge in [0.15, 0.2) is 5.96 Å². The molecule has 0 spiro atoms. The van der Waals surface area contributed by atoms with Gasteiger partial charge in [-0.2, -0.15) is 11.8 Å². The van der Waals surface area contributed by atoms with Gasteiger partial charge in [0.2, 0.25) is 0 Å². The van der Waals surface area contributed by atoms with Gasteiger partial charge in [-0.05, 0) is 31.9 Å².